The second-order valence-corrected chi connectivity index (χ2v) is 19.3. The molecule has 64 heavy (non-hydrogen) atoms. The van der Waals surface area contributed by atoms with Gasteiger partial charge in [0.15, 0.2) is 30.1 Å². The Morgan fingerprint density at radius 2 is 1.59 bits per heavy atom. The number of carbonyl (C=O) groups is 2. The molecule has 0 aromatic carbocycles. The fourth-order valence-corrected chi connectivity index (χ4v) is 10.9. The van der Waals surface area contributed by atoms with Crippen LogP contribution >= 0.6 is 0 Å². The highest BCUT2D eigenvalue weighted by Crippen LogP contribution is 2.47. The quantitative estimate of drug-likeness (QED) is 0.205. The van der Waals surface area contributed by atoms with Gasteiger partial charge in [-0.2, -0.15) is 0 Å². The molecule has 6 aliphatic heterocycles. The van der Waals surface area contributed by atoms with Crippen LogP contribution in [0.25, 0.3) is 0 Å². The summed E-state index contributed by atoms with van der Waals surface area (Å²) >= 11 is 0. The molecule has 358 valence electrons. The minimum absolute atomic E-state index is 0.0262. The first-order chi connectivity index (χ1) is 30.4. The number of rotatable bonds is 9. The highest BCUT2D eigenvalue weighted by Gasteiger charge is 2.64. The van der Waals surface area contributed by atoms with Crippen LogP contribution in [-0.2, 0) is 57.0 Å². The number of nitrogens with one attached hydrogen (secondary N) is 1. The number of allylic oxidation sites excluding steroid dienone is 2. The van der Waals surface area contributed by atoms with Crippen molar-refractivity contribution in [3.63, 3.8) is 0 Å². The van der Waals surface area contributed by atoms with Crippen LogP contribution in [0.4, 0.5) is 0 Å². The number of aliphatic hydroxyl groups excluding tert-OH is 1. The molecule has 0 aromatic heterocycles. The van der Waals surface area contributed by atoms with Crippen LogP contribution in [0.15, 0.2) is 59.3 Å². The average Bonchev–Trinajstić information content (AvgIpc) is 3.53. The molecule has 0 saturated carbocycles. The van der Waals surface area contributed by atoms with Crippen LogP contribution in [0, 0.1) is 23.7 Å². The van der Waals surface area contributed by atoms with Gasteiger partial charge in [-0.15, -0.1) is 0 Å². The van der Waals surface area contributed by atoms with Gasteiger partial charge in [0, 0.05) is 51.7 Å². The van der Waals surface area contributed by atoms with E-state index in [0.717, 1.165) is 12.0 Å². The monoisotopic (exact) mass is 900 g/mol. The van der Waals surface area contributed by atoms with Crippen molar-refractivity contribution in [2.75, 3.05) is 21.3 Å². The Bertz CT molecular complexity index is 1830. The predicted octanol–water partition coefficient (Wildman–Crippen LogP) is 5.13. The Balaban J connectivity index is 1.19. The maximum absolute atomic E-state index is 14.4. The van der Waals surface area contributed by atoms with Crippen molar-refractivity contribution in [3.8, 4) is 0 Å². The topological polar surface area (TPSA) is 179 Å². The number of aliphatic hydroxyl groups is 2. The number of likely N-dealkylation sites (N-methyl/N-ethyl adjacent to an activating group) is 1. The molecule has 4 fully saturated rings. The Morgan fingerprint density at radius 1 is 0.891 bits per heavy atom. The zero-order valence-electron chi connectivity index (χ0n) is 39.5. The van der Waals surface area contributed by atoms with Crippen LogP contribution in [0.5, 0.6) is 0 Å². The van der Waals surface area contributed by atoms with Crippen LogP contribution < -0.4 is 5.32 Å². The molecule has 1 spiro atoms. The summed E-state index contributed by atoms with van der Waals surface area (Å²) in [6.07, 6.45) is 8.35. The molecule has 6 heterocycles. The smallest absolute Gasteiger partial charge is 0.337 e. The summed E-state index contributed by atoms with van der Waals surface area (Å²) < 4.78 is 63.9. The van der Waals surface area contributed by atoms with Gasteiger partial charge < -0.3 is 62.9 Å². The summed E-state index contributed by atoms with van der Waals surface area (Å²) in [7, 11) is 5.25. The summed E-state index contributed by atoms with van der Waals surface area (Å²) in [6, 6.07) is 0.0262. The third-order valence-electron chi connectivity index (χ3n) is 14.8. The number of fused-ring (bicyclic) bond motifs is 2. The molecular formula is C49H73NO14. The molecule has 4 saturated heterocycles. The SMILES string of the molecule is CC[C@H](C)[C@H]1O[C@]2(C=C[C@@H]1C)C[C@@H]1C[C@@H](C/C=C(\C)[C@@H](O[C@H]3C[C@H](OC)[C@@H](O[C@H]4C[C@H](OC)[C@@H](NC)[C@H](C)O4)[C@H](C)O3)[C@@H](C)/C=C/C=C3\C(=O)O[C@@H]4[C@H](O)C(C)=C[C@@H](C(=O)O1)[C@]34O)O2. The van der Waals surface area contributed by atoms with Crippen LogP contribution in [0.2, 0.25) is 0 Å². The molecule has 0 aromatic rings. The van der Waals surface area contributed by atoms with Gasteiger partial charge in [-0.3, -0.25) is 4.79 Å². The van der Waals surface area contributed by atoms with Crippen molar-refractivity contribution < 1.29 is 67.2 Å². The largest absolute Gasteiger partial charge is 0.462 e. The van der Waals surface area contributed by atoms with Gasteiger partial charge in [0.2, 0.25) is 0 Å². The van der Waals surface area contributed by atoms with Crippen LogP contribution in [-0.4, -0.2) is 141 Å². The second-order valence-electron chi connectivity index (χ2n) is 19.3. The lowest BCUT2D eigenvalue weighted by atomic mass is 9.70. The third kappa shape index (κ3) is 9.78. The minimum Gasteiger partial charge on any atom is -0.462 e. The number of ether oxygens (including phenoxy) is 10. The number of methoxy groups -OCH3 is 2. The average molecular weight is 900 g/mol. The highest BCUT2D eigenvalue weighted by atomic mass is 16.7. The van der Waals surface area contributed by atoms with Crippen molar-refractivity contribution in [1.82, 2.24) is 5.32 Å². The summed E-state index contributed by atoms with van der Waals surface area (Å²) in [6.45, 7) is 16.0. The normalized spacial score (nSPS) is 47.9. The van der Waals surface area contributed by atoms with E-state index in [2.05, 4.69) is 38.2 Å². The summed E-state index contributed by atoms with van der Waals surface area (Å²) in [5.41, 5.74) is -1.06. The van der Waals surface area contributed by atoms with Crippen molar-refractivity contribution in [1.29, 1.82) is 0 Å². The van der Waals surface area contributed by atoms with E-state index in [4.69, 9.17) is 47.4 Å². The van der Waals surface area contributed by atoms with Crippen molar-refractivity contribution in [3.05, 3.63) is 59.3 Å². The van der Waals surface area contributed by atoms with Gasteiger partial charge in [-0.05, 0) is 70.4 Å². The van der Waals surface area contributed by atoms with Gasteiger partial charge in [-0.1, -0.05) is 64.5 Å². The molecule has 0 amide bonds. The molecule has 2 bridgehead atoms. The third-order valence-corrected chi connectivity index (χ3v) is 14.8. The number of esters is 2. The molecule has 15 nitrogen and oxygen atoms in total. The lowest BCUT2D eigenvalue weighted by Crippen LogP contribution is -2.58. The van der Waals surface area contributed by atoms with E-state index in [1.54, 1.807) is 27.2 Å². The Kier molecular flexibility index (Phi) is 15.5. The molecular weight excluding hydrogens is 827 g/mol. The molecule has 1 aliphatic carbocycles. The molecule has 3 N–H and O–H groups in total. The molecule has 7 aliphatic rings. The van der Waals surface area contributed by atoms with Crippen molar-refractivity contribution >= 4 is 11.9 Å². The van der Waals surface area contributed by atoms with E-state index < -0.39 is 84.6 Å². The number of hydrogen-bond donors (Lipinski definition) is 3. The molecule has 0 radical (unpaired) electrons. The summed E-state index contributed by atoms with van der Waals surface area (Å²) in [4.78, 5) is 27.9. The second kappa shape index (κ2) is 20.2. The van der Waals surface area contributed by atoms with E-state index in [9.17, 15) is 19.8 Å². The maximum atomic E-state index is 14.4. The first-order valence-corrected chi connectivity index (χ1v) is 23.4. The van der Waals surface area contributed by atoms with E-state index >= 15 is 0 Å². The summed E-state index contributed by atoms with van der Waals surface area (Å²) in [5, 5.41) is 27.0. The van der Waals surface area contributed by atoms with Crippen LogP contribution in [0.3, 0.4) is 0 Å². The molecule has 15 heteroatoms. The first-order valence-electron chi connectivity index (χ1n) is 23.4. The van der Waals surface area contributed by atoms with E-state index in [-0.39, 0.29) is 60.2 Å². The zero-order chi connectivity index (χ0) is 46.2. The highest BCUT2D eigenvalue weighted by molar-refractivity contribution is 5.97. The van der Waals surface area contributed by atoms with Crippen molar-refractivity contribution in [2.45, 2.75) is 191 Å². The lowest BCUT2D eigenvalue weighted by Gasteiger charge is -2.48. The van der Waals surface area contributed by atoms with Gasteiger partial charge in [0.1, 0.15) is 24.2 Å². The molecule has 0 unspecified atom stereocenters. The van der Waals surface area contributed by atoms with E-state index in [0.29, 0.717) is 31.3 Å². The van der Waals surface area contributed by atoms with Gasteiger partial charge in [0.05, 0.1) is 54.3 Å². The predicted molar refractivity (Wildman–Crippen MR) is 234 cm³/mol. The Labute approximate surface area is 378 Å². The molecule has 20 atom stereocenters. The van der Waals surface area contributed by atoms with E-state index in [1.807, 2.05) is 46.9 Å². The standard InChI is InChI=1S/C49H73NO14/c1-12-25(2)43-28(5)18-19-48(64-43)24-33-21-32(63-48)17-16-27(4)42(26(3)14-13-15-34-46(52)62-45-41(51)29(6)20-35(47(53)59-33)49(34,45)54)60-39-23-37(56-11)44(31(8)58-39)61-38-22-36(55-10)40(50-9)30(7)57-38/h13-16,18-20,25-26,28,30-33,35-45,50-51,54H,12,17,21-24H2,1-11H3/b14-13+,27-16+,34-15+/t25-,26-,28-,30-,31-,32+,33-,35-,36-,37-,38-,39-,40-,41+,42-,43+,44-,45+,48+,49+/m0/s1. The first kappa shape index (κ1) is 49.1. The summed E-state index contributed by atoms with van der Waals surface area (Å²) in [5.74, 6) is -3.98. The lowest BCUT2D eigenvalue weighted by molar-refractivity contribution is -0.312. The zero-order valence-corrected chi connectivity index (χ0v) is 39.5. The van der Waals surface area contributed by atoms with E-state index in [1.165, 1.54) is 12.2 Å². The maximum Gasteiger partial charge on any atom is 0.337 e. The van der Waals surface area contributed by atoms with Crippen molar-refractivity contribution in [2.24, 2.45) is 23.7 Å². The minimum atomic E-state index is -2.20. The number of carbonyl (C=O) groups excluding carboxylic acids is 2. The van der Waals surface area contributed by atoms with Crippen LogP contribution in [0.1, 0.15) is 93.9 Å². The Morgan fingerprint density at radius 3 is 2.30 bits per heavy atom. The fraction of sp³-hybridized carbons (Fsp3) is 0.755. The Hall–Kier alpha value is -2.80. The molecule has 7 rings (SSSR count). The number of hydrogen-bond acceptors (Lipinski definition) is 15. The van der Waals surface area contributed by atoms with Gasteiger partial charge >= 0.3 is 11.9 Å². The fourth-order valence-electron chi connectivity index (χ4n) is 10.9. The van der Waals surface area contributed by atoms with Gasteiger partial charge in [0.25, 0.3) is 0 Å². The van der Waals surface area contributed by atoms with Gasteiger partial charge in [-0.25, -0.2) is 4.79 Å².